The monoisotopic (exact) mass is 785 g/mol. The first-order valence-corrected chi connectivity index (χ1v) is 17.8. The number of nitrogens with zero attached hydrogens (tertiary/aromatic N) is 5. The number of primary amides is 1. The van der Waals surface area contributed by atoms with E-state index in [9.17, 15) is 53.4 Å². The van der Waals surface area contributed by atoms with Gasteiger partial charge < -0.3 is 67.3 Å². The summed E-state index contributed by atoms with van der Waals surface area (Å²) in [4.78, 5) is 64.4. The third-order valence-electron chi connectivity index (χ3n) is 6.97. The number of anilines is 1. The van der Waals surface area contributed by atoms with Crippen LogP contribution < -0.4 is 50.5 Å². The van der Waals surface area contributed by atoms with E-state index in [2.05, 4.69) is 32.8 Å². The molecule has 3 aromatic rings. The second-order valence-corrected chi connectivity index (χ2v) is 14.4. The summed E-state index contributed by atoms with van der Waals surface area (Å²) in [5.41, 5.74) is 11.1. The third-order valence-corrected chi connectivity index (χ3v) is 10.1. The molecule has 3 aromatic heterocycles. The largest absolute Gasteiger partial charge is 1.00 e. The van der Waals surface area contributed by atoms with Gasteiger partial charge in [-0.25, -0.2) is 28.4 Å². The molecular formula is C21H31N7NaO18P3. The Morgan fingerprint density at radius 3 is 2.36 bits per heavy atom. The number of imidazole rings is 1. The summed E-state index contributed by atoms with van der Waals surface area (Å²) >= 11 is 0. The Hall–Kier alpha value is -1.90. The summed E-state index contributed by atoms with van der Waals surface area (Å²) in [6.07, 6.45) is -8.59. The Morgan fingerprint density at radius 2 is 1.70 bits per heavy atom. The normalized spacial score (nSPS) is 29.1. The number of nitrogen functional groups attached to an aromatic ring is 1. The maximum atomic E-state index is 12.5. The topological polar surface area (TPSA) is 399 Å². The molecule has 50 heavy (non-hydrogen) atoms. The number of carbonyl (C=O) groups is 1. The van der Waals surface area contributed by atoms with Crippen LogP contribution in [0.2, 0.25) is 0 Å². The van der Waals surface area contributed by atoms with E-state index < -0.39 is 91.7 Å². The standard InChI is InChI=1S/C21H28N7O17P3.Na.H2O.H/c22-17-12-19(25-7-24-17)28(8-26-12)21-16(44-46(33,34)35)14(30)11(43-21)6-41-48(38,39)45-47(36,37)40-5-10-13(29)15(31)20(42-10)27-3-1-2-9(4-27)18(23)32;;;/h1-4,7-8,10-11,13-16,20-21,29-31H,5-6H2,(H7-,22,23,24,25,32,33,34,35,36,37,38,39);;1H2;/q;+1;;-1/t10-,11-,13-,14-,15-,16-,20-,21-;;;/m1.../s1. The Bertz CT molecular complexity index is 1830. The number of aliphatic hydroxyl groups is 3. The average molecular weight is 785 g/mol. The third kappa shape index (κ3) is 9.74. The molecule has 10 atom stereocenters. The van der Waals surface area contributed by atoms with Crippen molar-refractivity contribution in [3.05, 3.63) is 42.7 Å². The number of phosphoric acid groups is 3. The van der Waals surface area contributed by atoms with E-state index in [1.165, 1.54) is 29.1 Å². The summed E-state index contributed by atoms with van der Waals surface area (Å²) < 4.78 is 67.9. The number of rotatable bonds is 13. The second-order valence-electron chi connectivity index (χ2n) is 10.2. The van der Waals surface area contributed by atoms with Gasteiger partial charge in [0.1, 0.15) is 47.9 Å². The molecule has 29 heteroatoms. The van der Waals surface area contributed by atoms with Crippen molar-refractivity contribution in [1.82, 2.24) is 19.5 Å². The minimum Gasteiger partial charge on any atom is -1.00 e. The first-order chi connectivity index (χ1) is 22.4. The second kappa shape index (κ2) is 16.4. The van der Waals surface area contributed by atoms with Crippen LogP contribution in [0.5, 0.6) is 0 Å². The zero-order chi connectivity index (χ0) is 35.2. The molecule has 0 aliphatic carbocycles. The van der Waals surface area contributed by atoms with E-state index in [-0.39, 0.29) is 59.0 Å². The molecule has 2 aliphatic rings. The van der Waals surface area contributed by atoms with Crippen molar-refractivity contribution in [2.24, 2.45) is 5.73 Å². The summed E-state index contributed by atoms with van der Waals surface area (Å²) in [6.45, 7) is -2.12. The van der Waals surface area contributed by atoms with E-state index in [0.717, 1.165) is 17.2 Å². The quantitative estimate of drug-likeness (QED) is 0.0453. The molecule has 0 spiro atoms. The minimum atomic E-state index is -5.72. The fourth-order valence-electron chi connectivity index (χ4n) is 4.82. The van der Waals surface area contributed by atoms with Crippen LogP contribution in [0.4, 0.5) is 5.82 Å². The molecule has 2 saturated heterocycles. The van der Waals surface area contributed by atoms with Crippen LogP contribution in [-0.2, 0) is 41.1 Å². The number of hydrogen-bond acceptors (Lipinski definition) is 18. The van der Waals surface area contributed by atoms with Crippen molar-refractivity contribution < 1.29 is 122 Å². The van der Waals surface area contributed by atoms with E-state index in [4.69, 9.17) is 20.9 Å². The molecule has 5 heterocycles. The van der Waals surface area contributed by atoms with E-state index in [1.807, 2.05) is 0 Å². The molecular weight excluding hydrogens is 754 g/mol. The van der Waals surface area contributed by atoms with Gasteiger partial charge in [0.2, 0.25) is 0 Å². The Labute approximate surface area is 303 Å². The number of fused-ring (bicyclic) bond motifs is 1. The number of hydrogen-bond donors (Lipinski definition) is 8. The van der Waals surface area contributed by atoms with Crippen LogP contribution in [-0.4, -0.2) is 111 Å². The van der Waals surface area contributed by atoms with Crippen LogP contribution >= 0.6 is 23.5 Å². The van der Waals surface area contributed by atoms with Crippen LogP contribution in [0.25, 0.3) is 11.2 Å². The van der Waals surface area contributed by atoms with Crippen molar-refractivity contribution in [3.63, 3.8) is 0 Å². The summed E-state index contributed by atoms with van der Waals surface area (Å²) in [7, 11) is -16.6. The maximum absolute atomic E-state index is 12.5. The molecule has 12 N–H and O–H groups in total. The van der Waals surface area contributed by atoms with E-state index in [0.29, 0.717) is 0 Å². The molecule has 0 aromatic carbocycles. The Kier molecular flexibility index (Phi) is 14.0. The molecule has 2 unspecified atom stereocenters. The number of aromatic nitrogens is 5. The number of nitrogens with two attached hydrogens (primary N) is 2. The SMILES string of the molecule is NC(=O)c1ccc[n+]([C@@H]2O[C@H](COP(=O)([O-])OP(=O)(O)OC[C@H]3O[C@@H](n4cnc5c(N)ncnc54)[C@H](OP(=O)(O)O)[C@@H]3O)[C@@H](O)[C@H]2O)c1.O.[H-].[Na+]. The van der Waals surface area contributed by atoms with Gasteiger partial charge in [-0.05, 0) is 6.07 Å². The maximum Gasteiger partial charge on any atom is 1.00 e. The molecule has 0 saturated carbocycles. The van der Waals surface area contributed by atoms with Gasteiger partial charge in [-0.15, -0.1) is 0 Å². The van der Waals surface area contributed by atoms with Crippen LogP contribution in [0.1, 0.15) is 24.2 Å². The number of pyridine rings is 1. The summed E-state index contributed by atoms with van der Waals surface area (Å²) in [5, 5.41) is 31.5. The smallest absolute Gasteiger partial charge is 1.00 e. The predicted octanol–water partition coefficient (Wildman–Crippen LogP) is -7.24. The van der Waals surface area contributed by atoms with Gasteiger partial charge in [0.05, 0.1) is 19.5 Å². The van der Waals surface area contributed by atoms with Gasteiger partial charge >= 0.3 is 45.2 Å². The molecule has 0 radical (unpaired) electrons. The number of aliphatic hydroxyl groups excluding tert-OH is 3. The first kappa shape index (κ1) is 42.5. The van der Waals surface area contributed by atoms with E-state index >= 15 is 0 Å². The molecule has 25 nitrogen and oxygen atoms in total. The first-order valence-electron chi connectivity index (χ1n) is 13.3. The van der Waals surface area contributed by atoms with Crippen LogP contribution in [0, 0.1) is 0 Å². The number of phosphoric ester groups is 3. The van der Waals surface area contributed by atoms with Gasteiger partial charge in [-0.1, -0.05) is 0 Å². The molecule has 0 bridgehead atoms. The van der Waals surface area contributed by atoms with Gasteiger partial charge in [-0.3, -0.25) is 23.0 Å². The zero-order valence-electron chi connectivity index (χ0n) is 26.4. The van der Waals surface area contributed by atoms with Crippen molar-refractivity contribution >= 4 is 46.4 Å². The minimum absolute atomic E-state index is 0. The summed E-state index contributed by atoms with van der Waals surface area (Å²) in [6, 6.07) is 2.77. The zero-order valence-corrected chi connectivity index (χ0v) is 30.1. The Balaban J connectivity index is 0.00000300. The van der Waals surface area contributed by atoms with Crippen LogP contribution in [0.15, 0.2) is 37.2 Å². The molecule has 5 rings (SSSR count). The number of ether oxygens (including phenoxy) is 2. The van der Waals surface area contributed by atoms with Gasteiger partial charge in [0.25, 0.3) is 20.0 Å². The van der Waals surface area contributed by atoms with Crippen molar-refractivity contribution in [1.29, 1.82) is 0 Å². The number of carbonyl (C=O) groups excluding carboxylic acids is 1. The number of amides is 1. The Morgan fingerprint density at radius 1 is 1.04 bits per heavy atom. The van der Waals surface area contributed by atoms with Gasteiger partial charge in [0, 0.05) is 6.07 Å². The van der Waals surface area contributed by atoms with Gasteiger partial charge in [-0.2, -0.15) is 4.57 Å². The average Bonchev–Trinajstić information content (AvgIpc) is 3.64. The van der Waals surface area contributed by atoms with Crippen molar-refractivity contribution in [3.8, 4) is 0 Å². The fourth-order valence-corrected chi connectivity index (χ4v) is 7.42. The molecule has 274 valence electrons. The summed E-state index contributed by atoms with van der Waals surface area (Å²) in [5.74, 6) is -0.862. The van der Waals surface area contributed by atoms with E-state index in [1.54, 1.807) is 0 Å². The van der Waals surface area contributed by atoms with Crippen LogP contribution in [0.3, 0.4) is 0 Å². The van der Waals surface area contributed by atoms with Crippen molar-refractivity contribution in [2.45, 2.75) is 49.1 Å². The predicted molar refractivity (Wildman–Crippen MR) is 153 cm³/mol. The molecule has 2 aliphatic heterocycles. The van der Waals surface area contributed by atoms with Crippen molar-refractivity contribution in [2.75, 3.05) is 18.9 Å². The molecule has 2 fully saturated rings. The molecule has 1 amide bonds. The van der Waals surface area contributed by atoms with Gasteiger partial charge in [0.15, 0.2) is 36.2 Å². The fraction of sp³-hybridized carbons (Fsp3) is 0.476.